The maximum atomic E-state index is 11.6. The number of hydrogen-bond donors (Lipinski definition) is 1. The molecule has 1 amide bonds. The third kappa shape index (κ3) is 2.53. The topological polar surface area (TPSA) is 42.2 Å². The quantitative estimate of drug-likeness (QED) is 0.785. The molecule has 0 aromatic carbocycles. The highest BCUT2D eigenvalue weighted by Crippen LogP contribution is 2.48. The summed E-state index contributed by atoms with van der Waals surface area (Å²) in [6.45, 7) is 0.726. The summed E-state index contributed by atoms with van der Waals surface area (Å²) in [6.07, 6.45) is 6.29. The zero-order valence-corrected chi connectivity index (χ0v) is 9.22. The molecule has 0 spiro atoms. The number of hydrogen-bond acceptors (Lipinski definition) is 2. The molecule has 0 unspecified atom stereocenters. The van der Waals surface area contributed by atoms with Crippen LogP contribution in [0.25, 0.3) is 0 Å². The number of rotatable bonds is 5. The van der Waals surface area contributed by atoms with Gasteiger partial charge in [0.15, 0.2) is 0 Å². The Morgan fingerprint density at radius 2 is 2.40 bits per heavy atom. The van der Waals surface area contributed by atoms with Crippen molar-refractivity contribution in [2.75, 3.05) is 12.4 Å². The monoisotopic (exact) mass is 227 g/mol. The largest absolute Gasteiger partial charge is 0.472 e. The Morgan fingerprint density at radius 3 is 2.93 bits per heavy atom. The fourth-order valence-corrected chi connectivity index (χ4v) is 2.06. The molecule has 4 heteroatoms. The summed E-state index contributed by atoms with van der Waals surface area (Å²) in [5.41, 5.74) is 0.859. The van der Waals surface area contributed by atoms with Crippen LogP contribution in [0.3, 0.4) is 0 Å². The van der Waals surface area contributed by atoms with Crippen molar-refractivity contribution in [3.63, 3.8) is 0 Å². The molecule has 0 radical (unpaired) electrons. The molecule has 0 saturated heterocycles. The van der Waals surface area contributed by atoms with Crippen molar-refractivity contribution in [2.24, 2.45) is 5.41 Å². The summed E-state index contributed by atoms with van der Waals surface area (Å²) in [7, 11) is 0. The summed E-state index contributed by atoms with van der Waals surface area (Å²) in [5.74, 6) is 0.603. The first-order valence-electron chi connectivity index (χ1n) is 5.12. The molecule has 1 aliphatic rings. The van der Waals surface area contributed by atoms with Crippen LogP contribution in [-0.2, 0) is 0 Å². The summed E-state index contributed by atoms with van der Waals surface area (Å²) >= 11 is 5.71. The molecule has 1 heterocycles. The van der Waals surface area contributed by atoms with E-state index in [9.17, 15) is 4.79 Å². The highest BCUT2D eigenvalue weighted by molar-refractivity contribution is 6.17. The van der Waals surface area contributed by atoms with Crippen molar-refractivity contribution >= 4 is 17.5 Å². The number of halogens is 1. The van der Waals surface area contributed by atoms with Gasteiger partial charge in [-0.2, -0.15) is 0 Å². The molecule has 1 aromatic heterocycles. The van der Waals surface area contributed by atoms with Crippen LogP contribution in [0.5, 0.6) is 0 Å². The Morgan fingerprint density at radius 1 is 1.60 bits per heavy atom. The number of alkyl halides is 1. The van der Waals surface area contributed by atoms with Crippen LogP contribution in [0.4, 0.5) is 0 Å². The van der Waals surface area contributed by atoms with E-state index in [-0.39, 0.29) is 11.3 Å². The molecular formula is C11H14ClNO2. The Kier molecular flexibility index (Phi) is 3.00. The Balaban J connectivity index is 1.81. The van der Waals surface area contributed by atoms with Gasteiger partial charge in [0.25, 0.3) is 5.91 Å². The van der Waals surface area contributed by atoms with Gasteiger partial charge in [-0.25, -0.2) is 0 Å². The van der Waals surface area contributed by atoms with E-state index < -0.39 is 0 Å². The van der Waals surface area contributed by atoms with Crippen molar-refractivity contribution in [2.45, 2.75) is 19.3 Å². The first-order chi connectivity index (χ1) is 7.26. The second-order valence-electron chi connectivity index (χ2n) is 4.13. The Labute approximate surface area is 93.8 Å². The van der Waals surface area contributed by atoms with Crippen LogP contribution in [-0.4, -0.2) is 18.3 Å². The average molecular weight is 228 g/mol. The Hall–Kier alpha value is -0.960. The van der Waals surface area contributed by atoms with E-state index in [4.69, 9.17) is 16.0 Å². The van der Waals surface area contributed by atoms with Crippen molar-refractivity contribution in [1.29, 1.82) is 0 Å². The lowest BCUT2D eigenvalue weighted by atomic mass is 10.0. The zero-order valence-electron chi connectivity index (χ0n) is 8.46. The molecule has 82 valence electrons. The predicted octanol–water partition coefficient (Wildman–Crippen LogP) is 2.42. The van der Waals surface area contributed by atoms with E-state index in [1.807, 2.05) is 0 Å². The van der Waals surface area contributed by atoms with Crippen LogP contribution >= 0.6 is 11.6 Å². The summed E-state index contributed by atoms with van der Waals surface area (Å²) in [6, 6.07) is 1.66. The first-order valence-corrected chi connectivity index (χ1v) is 5.66. The van der Waals surface area contributed by atoms with E-state index in [1.54, 1.807) is 6.07 Å². The number of carbonyl (C=O) groups excluding carboxylic acids is 1. The highest BCUT2D eigenvalue weighted by Gasteiger charge is 2.41. The molecule has 0 bridgehead atoms. The third-order valence-electron chi connectivity index (χ3n) is 2.99. The molecule has 1 aliphatic carbocycles. The summed E-state index contributed by atoms with van der Waals surface area (Å²) in [4.78, 5) is 11.6. The molecular weight excluding hydrogens is 214 g/mol. The Bertz CT molecular complexity index is 330. The molecule has 2 rings (SSSR count). The molecule has 0 aliphatic heterocycles. The number of amides is 1. The van der Waals surface area contributed by atoms with Gasteiger partial charge in [0.05, 0.1) is 11.8 Å². The molecule has 15 heavy (non-hydrogen) atoms. The predicted molar refractivity (Wildman–Crippen MR) is 58.0 cm³/mol. The molecule has 1 aromatic rings. The maximum Gasteiger partial charge on any atom is 0.254 e. The van der Waals surface area contributed by atoms with Crippen LogP contribution in [0.2, 0.25) is 0 Å². The summed E-state index contributed by atoms with van der Waals surface area (Å²) in [5, 5.41) is 2.92. The van der Waals surface area contributed by atoms with Gasteiger partial charge in [-0.05, 0) is 30.7 Å². The van der Waals surface area contributed by atoms with E-state index in [0.717, 1.165) is 13.0 Å². The molecule has 0 atom stereocenters. The second kappa shape index (κ2) is 4.27. The van der Waals surface area contributed by atoms with Crippen LogP contribution in [0.1, 0.15) is 29.6 Å². The number of nitrogens with one attached hydrogen (secondary N) is 1. The maximum absolute atomic E-state index is 11.6. The lowest BCUT2D eigenvalue weighted by Gasteiger charge is -2.13. The fourth-order valence-electron chi connectivity index (χ4n) is 1.66. The third-order valence-corrected chi connectivity index (χ3v) is 3.18. The highest BCUT2D eigenvalue weighted by atomic mass is 35.5. The van der Waals surface area contributed by atoms with Gasteiger partial charge >= 0.3 is 0 Å². The lowest BCUT2D eigenvalue weighted by molar-refractivity contribution is 0.0944. The van der Waals surface area contributed by atoms with Gasteiger partial charge < -0.3 is 9.73 Å². The van der Waals surface area contributed by atoms with Crippen molar-refractivity contribution < 1.29 is 9.21 Å². The van der Waals surface area contributed by atoms with Crippen molar-refractivity contribution in [3.05, 3.63) is 24.2 Å². The van der Waals surface area contributed by atoms with Gasteiger partial charge in [-0.15, -0.1) is 11.6 Å². The van der Waals surface area contributed by atoms with E-state index in [2.05, 4.69) is 5.32 Å². The van der Waals surface area contributed by atoms with Gasteiger partial charge in [-0.1, -0.05) is 0 Å². The molecule has 1 saturated carbocycles. The normalized spacial score (nSPS) is 17.4. The molecule has 1 fully saturated rings. The molecule has 1 N–H and O–H groups in total. The van der Waals surface area contributed by atoms with Gasteiger partial charge in [-0.3, -0.25) is 4.79 Å². The van der Waals surface area contributed by atoms with E-state index in [1.165, 1.54) is 25.4 Å². The smallest absolute Gasteiger partial charge is 0.254 e. The minimum Gasteiger partial charge on any atom is -0.472 e. The van der Waals surface area contributed by atoms with Crippen LogP contribution in [0, 0.1) is 5.41 Å². The SMILES string of the molecule is O=C(NCC1(CCCl)CC1)c1ccoc1. The zero-order chi connectivity index (χ0) is 10.7. The number of carbonyl (C=O) groups is 1. The van der Waals surface area contributed by atoms with E-state index in [0.29, 0.717) is 11.4 Å². The van der Waals surface area contributed by atoms with Crippen LogP contribution < -0.4 is 5.32 Å². The average Bonchev–Trinajstić information content (AvgIpc) is 2.81. The van der Waals surface area contributed by atoms with Gasteiger partial charge in [0.1, 0.15) is 6.26 Å². The van der Waals surface area contributed by atoms with Gasteiger partial charge in [0.2, 0.25) is 0 Å². The van der Waals surface area contributed by atoms with E-state index >= 15 is 0 Å². The van der Waals surface area contributed by atoms with Crippen molar-refractivity contribution in [1.82, 2.24) is 5.32 Å². The minimum absolute atomic E-state index is 0.0652. The minimum atomic E-state index is -0.0652. The standard InChI is InChI=1S/C11H14ClNO2/c12-5-4-11(2-3-11)8-13-10(14)9-1-6-15-7-9/h1,6-7H,2-5,8H2,(H,13,14). The van der Waals surface area contributed by atoms with Gasteiger partial charge in [0, 0.05) is 12.4 Å². The first kappa shape index (κ1) is 10.6. The summed E-state index contributed by atoms with van der Waals surface area (Å²) < 4.78 is 4.85. The number of furan rings is 1. The second-order valence-corrected chi connectivity index (χ2v) is 4.51. The lowest BCUT2D eigenvalue weighted by Crippen LogP contribution is -2.30. The van der Waals surface area contributed by atoms with Crippen molar-refractivity contribution in [3.8, 4) is 0 Å². The fraction of sp³-hybridized carbons (Fsp3) is 0.545. The van der Waals surface area contributed by atoms with Crippen LogP contribution in [0.15, 0.2) is 23.0 Å². The molecule has 3 nitrogen and oxygen atoms in total.